The largest absolute Gasteiger partial charge is 0.484 e. The number of hydrogen-bond acceptors (Lipinski definition) is 3. The van der Waals surface area contributed by atoms with E-state index in [9.17, 15) is 9.59 Å². The lowest BCUT2D eigenvalue weighted by Crippen LogP contribution is -2.53. The number of amides is 2. The summed E-state index contributed by atoms with van der Waals surface area (Å²) in [6, 6.07) is 21.9. The number of halogens is 2. The molecule has 0 bridgehead atoms. The van der Waals surface area contributed by atoms with Crippen LogP contribution in [0, 0.1) is 6.92 Å². The minimum atomic E-state index is -0.764. The van der Waals surface area contributed by atoms with Gasteiger partial charge in [0, 0.05) is 34.6 Å². The Morgan fingerprint density at radius 1 is 0.921 bits per heavy atom. The summed E-state index contributed by atoms with van der Waals surface area (Å²) in [5.74, 6) is 0.139. The zero-order valence-corrected chi connectivity index (χ0v) is 23.2. The lowest BCUT2D eigenvalue weighted by molar-refractivity contribution is -0.143. The van der Waals surface area contributed by atoms with Crippen LogP contribution in [0.1, 0.15) is 48.8 Å². The first kappa shape index (κ1) is 28.0. The molecule has 1 aliphatic rings. The Kier molecular flexibility index (Phi) is 10.1. The first-order chi connectivity index (χ1) is 18.4. The maximum Gasteiger partial charge on any atom is 0.261 e. The number of aryl methyl sites for hydroxylation is 1. The highest BCUT2D eigenvalue weighted by Crippen LogP contribution is 2.28. The van der Waals surface area contributed by atoms with Crippen LogP contribution in [0.3, 0.4) is 0 Å². The van der Waals surface area contributed by atoms with E-state index in [0.29, 0.717) is 27.8 Å². The summed E-state index contributed by atoms with van der Waals surface area (Å²) in [6.45, 7) is 1.80. The fourth-order valence-electron chi connectivity index (χ4n) is 4.89. The maximum atomic E-state index is 13.8. The molecule has 3 aromatic rings. The van der Waals surface area contributed by atoms with Crippen LogP contribution in [0.15, 0.2) is 72.8 Å². The van der Waals surface area contributed by atoms with E-state index in [1.807, 2.05) is 61.5 Å². The minimum Gasteiger partial charge on any atom is -0.484 e. The number of ether oxygens (including phenoxy) is 1. The molecule has 0 saturated heterocycles. The van der Waals surface area contributed by atoms with E-state index < -0.39 is 6.04 Å². The van der Waals surface area contributed by atoms with Crippen molar-refractivity contribution in [2.45, 2.75) is 64.1 Å². The fourth-order valence-corrected chi connectivity index (χ4v) is 5.41. The third-order valence-electron chi connectivity index (χ3n) is 7.06. The minimum absolute atomic E-state index is 0.0874. The summed E-state index contributed by atoms with van der Waals surface area (Å²) in [5, 5.41) is 4.12. The molecule has 4 rings (SSSR count). The first-order valence-electron chi connectivity index (χ1n) is 13.2. The molecule has 1 saturated carbocycles. The lowest BCUT2D eigenvalue weighted by Gasteiger charge is -2.33. The molecule has 1 aliphatic carbocycles. The van der Waals surface area contributed by atoms with E-state index in [0.717, 1.165) is 36.8 Å². The highest BCUT2D eigenvalue weighted by molar-refractivity contribution is 6.36. The third-order valence-corrected chi connectivity index (χ3v) is 7.77. The zero-order chi connectivity index (χ0) is 26.9. The van der Waals surface area contributed by atoms with Crippen molar-refractivity contribution >= 4 is 35.0 Å². The van der Waals surface area contributed by atoms with Gasteiger partial charge in [-0.2, -0.15) is 0 Å². The van der Waals surface area contributed by atoms with Gasteiger partial charge in [-0.25, -0.2) is 0 Å². The Bertz CT molecular complexity index is 1210. The van der Waals surface area contributed by atoms with Crippen LogP contribution in [-0.4, -0.2) is 35.4 Å². The van der Waals surface area contributed by atoms with E-state index in [1.54, 1.807) is 23.1 Å². The molecule has 200 valence electrons. The van der Waals surface area contributed by atoms with Crippen molar-refractivity contribution in [1.29, 1.82) is 0 Å². The molecule has 3 aromatic carbocycles. The molecular formula is C31H34Cl2N2O3. The number of para-hydroxylation sites is 1. The highest BCUT2D eigenvalue weighted by atomic mass is 35.5. The van der Waals surface area contributed by atoms with E-state index in [1.165, 1.54) is 6.42 Å². The summed E-state index contributed by atoms with van der Waals surface area (Å²) in [4.78, 5) is 29.2. The van der Waals surface area contributed by atoms with Gasteiger partial charge in [-0.3, -0.25) is 9.59 Å². The maximum absolute atomic E-state index is 13.8. The van der Waals surface area contributed by atoms with Crippen molar-refractivity contribution in [2.75, 3.05) is 6.61 Å². The van der Waals surface area contributed by atoms with Crippen LogP contribution < -0.4 is 10.1 Å². The smallest absolute Gasteiger partial charge is 0.261 e. The monoisotopic (exact) mass is 552 g/mol. The number of carbonyl (C=O) groups is 2. The van der Waals surface area contributed by atoms with Crippen molar-refractivity contribution in [3.63, 3.8) is 0 Å². The second-order valence-electron chi connectivity index (χ2n) is 9.83. The Hall–Kier alpha value is -3.02. The molecule has 1 atom stereocenters. The van der Waals surface area contributed by atoms with Crippen molar-refractivity contribution in [1.82, 2.24) is 10.2 Å². The van der Waals surface area contributed by atoms with Crippen LogP contribution in [0.25, 0.3) is 0 Å². The number of hydrogen-bond donors (Lipinski definition) is 1. The van der Waals surface area contributed by atoms with Crippen molar-refractivity contribution < 1.29 is 14.3 Å². The summed E-state index contributed by atoms with van der Waals surface area (Å²) in [7, 11) is 0. The third kappa shape index (κ3) is 7.52. The predicted molar refractivity (Wildman–Crippen MR) is 153 cm³/mol. The number of nitrogens with zero attached hydrogens (tertiary/aromatic N) is 1. The predicted octanol–water partition coefficient (Wildman–Crippen LogP) is 6.77. The SMILES string of the molecule is Cc1ccccc1OCC(=O)N(Cc1c(Cl)cccc1Cl)[C@H](Cc1ccccc1)C(=O)NC1CCCCC1. The van der Waals surface area contributed by atoms with Crippen LogP contribution in [0.2, 0.25) is 10.0 Å². The van der Waals surface area contributed by atoms with Gasteiger partial charge in [0.1, 0.15) is 11.8 Å². The topological polar surface area (TPSA) is 58.6 Å². The number of benzene rings is 3. The van der Waals surface area contributed by atoms with E-state index in [-0.39, 0.29) is 31.0 Å². The summed E-state index contributed by atoms with van der Waals surface area (Å²) in [6.07, 6.45) is 5.63. The molecule has 0 unspecified atom stereocenters. The molecule has 0 spiro atoms. The van der Waals surface area contributed by atoms with Crippen LogP contribution in [0.4, 0.5) is 0 Å². The van der Waals surface area contributed by atoms with Gasteiger partial charge in [0.25, 0.3) is 5.91 Å². The Balaban J connectivity index is 1.65. The summed E-state index contributed by atoms with van der Waals surface area (Å²) in [5.41, 5.74) is 2.49. The first-order valence-corrected chi connectivity index (χ1v) is 13.9. The second-order valence-corrected chi connectivity index (χ2v) is 10.6. The van der Waals surface area contributed by atoms with E-state index >= 15 is 0 Å². The zero-order valence-electron chi connectivity index (χ0n) is 21.7. The van der Waals surface area contributed by atoms with Gasteiger partial charge in [0.15, 0.2) is 6.61 Å². The van der Waals surface area contributed by atoms with Crippen molar-refractivity contribution in [3.05, 3.63) is 99.5 Å². The Morgan fingerprint density at radius 3 is 2.26 bits per heavy atom. The molecule has 0 heterocycles. The van der Waals surface area contributed by atoms with Gasteiger partial charge in [-0.1, -0.05) is 97.1 Å². The molecule has 0 radical (unpaired) electrons. The fraction of sp³-hybridized carbons (Fsp3) is 0.355. The molecule has 1 fully saturated rings. The number of nitrogens with one attached hydrogen (secondary N) is 1. The quantitative estimate of drug-likeness (QED) is 0.302. The summed E-state index contributed by atoms with van der Waals surface area (Å²) >= 11 is 13.0. The molecule has 2 amide bonds. The average Bonchev–Trinajstić information content (AvgIpc) is 2.92. The van der Waals surface area contributed by atoms with Gasteiger partial charge in [0.2, 0.25) is 5.91 Å². The Labute approximate surface area is 235 Å². The molecule has 38 heavy (non-hydrogen) atoms. The van der Waals surface area contributed by atoms with Crippen molar-refractivity contribution in [2.24, 2.45) is 0 Å². The Morgan fingerprint density at radius 2 is 1.58 bits per heavy atom. The molecule has 5 nitrogen and oxygen atoms in total. The van der Waals surface area contributed by atoms with Crippen LogP contribution in [0.5, 0.6) is 5.75 Å². The second kappa shape index (κ2) is 13.7. The van der Waals surface area contributed by atoms with Gasteiger partial charge in [0.05, 0.1) is 0 Å². The molecular weight excluding hydrogens is 519 g/mol. The van der Waals surface area contributed by atoms with Crippen LogP contribution in [-0.2, 0) is 22.6 Å². The molecule has 0 aliphatic heterocycles. The lowest BCUT2D eigenvalue weighted by atomic mass is 9.94. The standard InChI is InChI=1S/C31H34Cl2N2O3/c1-22-11-8-9-18-29(22)38-21-30(36)35(20-25-26(32)16-10-17-27(25)33)28(19-23-12-4-2-5-13-23)31(37)34-24-14-6-3-7-15-24/h2,4-5,8-13,16-18,24,28H,3,6-7,14-15,19-21H2,1H3,(H,34,37)/t28-/m1/s1. The van der Waals surface area contributed by atoms with Gasteiger partial charge < -0.3 is 15.0 Å². The normalized spacial score (nSPS) is 14.5. The molecule has 0 aromatic heterocycles. The van der Waals surface area contributed by atoms with E-state index in [2.05, 4.69) is 5.32 Å². The van der Waals surface area contributed by atoms with Gasteiger partial charge in [-0.15, -0.1) is 0 Å². The van der Waals surface area contributed by atoms with Gasteiger partial charge >= 0.3 is 0 Å². The number of carbonyl (C=O) groups excluding carboxylic acids is 2. The van der Waals surface area contributed by atoms with E-state index in [4.69, 9.17) is 27.9 Å². The average molecular weight is 554 g/mol. The molecule has 1 N–H and O–H groups in total. The molecule has 7 heteroatoms. The van der Waals surface area contributed by atoms with Crippen molar-refractivity contribution in [3.8, 4) is 5.75 Å². The highest BCUT2D eigenvalue weighted by Gasteiger charge is 2.33. The van der Waals surface area contributed by atoms with Gasteiger partial charge in [-0.05, 0) is 49.1 Å². The van der Waals surface area contributed by atoms with Crippen LogP contribution >= 0.6 is 23.2 Å². The number of rotatable bonds is 10. The summed E-state index contributed by atoms with van der Waals surface area (Å²) < 4.78 is 5.92.